The number of aryl methyl sites for hydroxylation is 1. The van der Waals surface area contributed by atoms with E-state index in [1.807, 2.05) is 11.3 Å². The second-order valence-electron chi connectivity index (χ2n) is 4.83. The minimum Gasteiger partial charge on any atom is -0.314 e. The zero-order chi connectivity index (χ0) is 11.9. The van der Waals surface area contributed by atoms with Crippen LogP contribution in [0.15, 0.2) is 12.1 Å². The molecule has 2 nitrogen and oxygen atoms in total. The van der Waals surface area contributed by atoms with Gasteiger partial charge in [0.2, 0.25) is 0 Å². The molecule has 0 aliphatic heterocycles. The number of hydrogen-bond donors (Lipinski definition) is 2. The van der Waals surface area contributed by atoms with Gasteiger partial charge in [0.15, 0.2) is 0 Å². The van der Waals surface area contributed by atoms with Gasteiger partial charge < -0.3 is 10.6 Å². The number of rotatable bonds is 9. The lowest BCUT2D eigenvalue weighted by molar-refractivity contribution is 0.621. The molecule has 0 spiro atoms. The summed E-state index contributed by atoms with van der Waals surface area (Å²) in [6, 6.07) is 5.43. The van der Waals surface area contributed by atoms with E-state index in [4.69, 9.17) is 0 Å². The van der Waals surface area contributed by atoms with Crippen LogP contribution in [0.3, 0.4) is 0 Å². The molecule has 3 heteroatoms. The number of unbranched alkanes of at least 4 members (excludes halogenated alkanes) is 1. The summed E-state index contributed by atoms with van der Waals surface area (Å²) in [7, 11) is 0. The molecule has 1 aromatic rings. The first-order valence-corrected chi connectivity index (χ1v) is 7.72. The fourth-order valence-corrected chi connectivity index (χ4v) is 2.95. The van der Waals surface area contributed by atoms with Crippen LogP contribution in [0.25, 0.3) is 0 Å². The molecule has 0 bridgehead atoms. The quantitative estimate of drug-likeness (QED) is 0.660. The van der Waals surface area contributed by atoms with Gasteiger partial charge in [-0.1, -0.05) is 6.92 Å². The van der Waals surface area contributed by atoms with Crippen molar-refractivity contribution in [2.75, 3.05) is 13.1 Å². The Morgan fingerprint density at radius 3 is 2.82 bits per heavy atom. The van der Waals surface area contributed by atoms with Crippen molar-refractivity contribution in [3.05, 3.63) is 21.9 Å². The molecule has 0 radical (unpaired) electrons. The molecule has 0 aromatic carbocycles. The van der Waals surface area contributed by atoms with E-state index in [2.05, 4.69) is 29.7 Å². The molecule has 1 saturated carbocycles. The fourth-order valence-electron chi connectivity index (χ4n) is 1.92. The van der Waals surface area contributed by atoms with Crippen LogP contribution in [0.2, 0.25) is 0 Å². The highest BCUT2D eigenvalue weighted by atomic mass is 32.1. The predicted octanol–water partition coefficient (Wildman–Crippen LogP) is 2.93. The van der Waals surface area contributed by atoms with Crippen LogP contribution >= 0.6 is 11.3 Å². The molecular weight excluding hydrogens is 228 g/mol. The van der Waals surface area contributed by atoms with Gasteiger partial charge in [0.25, 0.3) is 0 Å². The molecule has 1 fully saturated rings. The number of hydrogen-bond acceptors (Lipinski definition) is 3. The van der Waals surface area contributed by atoms with Gasteiger partial charge >= 0.3 is 0 Å². The molecule has 1 aliphatic rings. The lowest BCUT2D eigenvalue weighted by Gasteiger charge is -2.01. The Morgan fingerprint density at radius 1 is 1.24 bits per heavy atom. The van der Waals surface area contributed by atoms with Gasteiger partial charge in [-0.15, -0.1) is 11.3 Å². The SMILES string of the molecule is CCNCc1ccc(CCCCNC2CC2)s1. The average molecular weight is 252 g/mol. The van der Waals surface area contributed by atoms with Gasteiger partial charge in [-0.25, -0.2) is 0 Å². The van der Waals surface area contributed by atoms with Gasteiger partial charge in [-0.2, -0.15) is 0 Å². The van der Waals surface area contributed by atoms with E-state index < -0.39 is 0 Å². The van der Waals surface area contributed by atoms with Crippen molar-refractivity contribution in [3.8, 4) is 0 Å². The molecule has 0 atom stereocenters. The maximum Gasteiger partial charge on any atom is 0.0299 e. The van der Waals surface area contributed by atoms with Crippen molar-refractivity contribution >= 4 is 11.3 Å². The molecule has 0 amide bonds. The molecular formula is C14H24N2S. The van der Waals surface area contributed by atoms with E-state index in [-0.39, 0.29) is 0 Å². The van der Waals surface area contributed by atoms with Crippen molar-refractivity contribution in [3.63, 3.8) is 0 Å². The van der Waals surface area contributed by atoms with Crippen molar-refractivity contribution < 1.29 is 0 Å². The number of thiophene rings is 1. The van der Waals surface area contributed by atoms with Crippen LogP contribution < -0.4 is 10.6 Å². The first-order valence-electron chi connectivity index (χ1n) is 6.90. The molecule has 1 aliphatic carbocycles. The van der Waals surface area contributed by atoms with Crippen molar-refractivity contribution in [1.29, 1.82) is 0 Å². The first kappa shape index (κ1) is 13.1. The minimum atomic E-state index is 0.864. The number of nitrogens with one attached hydrogen (secondary N) is 2. The van der Waals surface area contributed by atoms with E-state index in [0.29, 0.717) is 0 Å². The summed E-state index contributed by atoms with van der Waals surface area (Å²) in [4.78, 5) is 3.02. The first-order chi connectivity index (χ1) is 8.38. The Hall–Kier alpha value is -0.380. The average Bonchev–Trinajstić information content (AvgIpc) is 3.05. The summed E-state index contributed by atoms with van der Waals surface area (Å²) in [5.41, 5.74) is 0. The lowest BCUT2D eigenvalue weighted by Crippen LogP contribution is -2.17. The second kappa shape index (κ2) is 7.14. The zero-order valence-electron chi connectivity index (χ0n) is 10.8. The van der Waals surface area contributed by atoms with E-state index in [1.165, 1.54) is 43.5 Å². The largest absolute Gasteiger partial charge is 0.314 e. The molecule has 1 heterocycles. The topological polar surface area (TPSA) is 24.1 Å². The molecule has 17 heavy (non-hydrogen) atoms. The molecule has 0 unspecified atom stereocenters. The molecule has 1 aromatic heterocycles. The molecule has 96 valence electrons. The van der Waals surface area contributed by atoms with E-state index in [9.17, 15) is 0 Å². The van der Waals surface area contributed by atoms with Crippen LogP contribution in [0, 0.1) is 0 Å². The molecule has 2 rings (SSSR count). The third kappa shape index (κ3) is 5.19. The van der Waals surface area contributed by atoms with Gasteiger partial charge in [0.1, 0.15) is 0 Å². The van der Waals surface area contributed by atoms with Crippen LogP contribution in [-0.2, 0) is 13.0 Å². The van der Waals surface area contributed by atoms with Crippen molar-refractivity contribution in [2.45, 2.75) is 51.6 Å². The Kier molecular flexibility index (Phi) is 5.49. The Bertz CT molecular complexity index is 318. The van der Waals surface area contributed by atoms with Crippen molar-refractivity contribution in [2.24, 2.45) is 0 Å². The van der Waals surface area contributed by atoms with Gasteiger partial charge in [0, 0.05) is 22.3 Å². The summed E-state index contributed by atoms with van der Waals surface area (Å²) in [5, 5.41) is 6.94. The Labute approximate surface area is 109 Å². The smallest absolute Gasteiger partial charge is 0.0299 e. The summed E-state index contributed by atoms with van der Waals surface area (Å²) in [6.07, 6.45) is 6.69. The second-order valence-corrected chi connectivity index (χ2v) is 6.09. The third-order valence-electron chi connectivity index (χ3n) is 3.13. The maximum absolute atomic E-state index is 3.57. The highest BCUT2D eigenvalue weighted by Gasteiger charge is 2.19. The van der Waals surface area contributed by atoms with Gasteiger partial charge in [0.05, 0.1) is 0 Å². The monoisotopic (exact) mass is 252 g/mol. The van der Waals surface area contributed by atoms with Crippen molar-refractivity contribution in [1.82, 2.24) is 10.6 Å². The van der Waals surface area contributed by atoms with Gasteiger partial charge in [-0.05, 0) is 57.3 Å². The van der Waals surface area contributed by atoms with Crippen LogP contribution in [0.4, 0.5) is 0 Å². The summed E-state index contributed by atoms with van der Waals surface area (Å²) >= 11 is 1.97. The zero-order valence-corrected chi connectivity index (χ0v) is 11.6. The summed E-state index contributed by atoms with van der Waals surface area (Å²) < 4.78 is 0. The summed E-state index contributed by atoms with van der Waals surface area (Å²) in [5.74, 6) is 0. The fraction of sp³-hybridized carbons (Fsp3) is 0.714. The van der Waals surface area contributed by atoms with E-state index in [0.717, 1.165) is 19.1 Å². The molecule has 0 saturated heterocycles. The standard InChI is InChI=1S/C14H24N2S/c1-2-15-11-14-9-8-13(17-14)5-3-4-10-16-12-6-7-12/h8-9,12,15-16H,2-7,10-11H2,1H3. The lowest BCUT2D eigenvalue weighted by atomic mass is 10.2. The highest BCUT2D eigenvalue weighted by Crippen LogP contribution is 2.20. The predicted molar refractivity (Wildman–Crippen MR) is 75.7 cm³/mol. The molecule has 2 N–H and O–H groups in total. The highest BCUT2D eigenvalue weighted by molar-refractivity contribution is 7.11. The maximum atomic E-state index is 3.57. The van der Waals surface area contributed by atoms with Crippen LogP contribution in [0.5, 0.6) is 0 Å². The van der Waals surface area contributed by atoms with Crippen LogP contribution in [0.1, 0.15) is 42.4 Å². The summed E-state index contributed by atoms with van der Waals surface area (Å²) in [6.45, 7) is 5.45. The normalized spacial score (nSPS) is 15.4. The van der Waals surface area contributed by atoms with Gasteiger partial charge in [-0.3, -0.25) is 0 Å². The minimum absolute atomic E-state index is 0.864. The van der Waals surface area contributed by atoms with Crippen LogP contribution in [-0.4, -0.2) is 19.1 Å². The third-order valence-corrected chi connectivity index (χ3v) is 4.27. The van der Waals surface area contributed by atoms with E-state index >= 15 is 0 Å². The van der Waals surface area contributed by atoms with E-state index in [1.54, 1.807) is 4.88 Å². The Balaban J connectivity index is 1.55. The Morgan fingerprint density at radius 2 is 2.06 bits per heavy atom.